The van der Waals surface area contributed by atoms with Crippen molar-refractivity contribution in [1.29, 1.82) is 0 Å². The smallest absolute Gasteiger partial charge is 0.253 e. The van der Waals surface area contributed by atoms with Gasteiger partial charge in [-0.25, -0.2) is 0 Å². The first-order valence-electron chi connectivity index (χ1n) is 9.23. The molecule has 0 heterocycles. The van der Waals surface area contributed by atoms with Crippen molar-refractivity contribution in [2.45, 2.75) is 31.7 Å². The number of benzene rings is 2. The number of hydrogen-bond donors (Lipinski definition) is 3. The SMILES string of the molecule is COc1ccc(NCC(=O)Nc2ccccc2C(=O)NC2CCCC2)cc1. The maximum absolute atomic E-state index is 12.6. The van der Waals surface area contributed by atoms with Crippen molar-refractivity contribution >= 4 is 23.2 Å². The molecule has 0 radical (unpaired) electrons. The second-order valence-electron chi connectivity index (χ2n) is 6.63. The van der Waals surface area contributed by atoms with Gasteiger partial charge in [-0.05, 0) is 49.2 Å². The molecule has 142 valence electrons. The van der Waals surface area contributed by atoms with Crippen molar-refractivity contribution in [3.63, 3.8) is 0 Å². The first-order chi connectivity index (χ1) is 13.2. The summed E-state index contributed by atoms with van der Waals surface area (Å²) in [6.07, 6.45) is 4.35. The summed E-state index contributed by atoms with van der Waals surface area (Å²) < 4.78 is 5.11. The molecule has 0 saturated heterocycles. The number of carbonyl (C=O) groups is 2. The lowest BCUT2D eigenvalue weighted by molar-refractivity contribution is -0.114. The summed E-state index contributed by atoms with van der Waals surface area (Å²) in [6.45, 7) is 0.102. The van der Waals surface area contributed by atoms with Crippen LogP contribution in [0.25, 0.3) is 0 Å². The van der Waals surface area contributed by atoms with E-state index in [2.05, 4.69) is 16.0 Å². The Kier molecular flexibility index (Phi) is 6.30. The summed E-state index contributed by atoms with van der Waals surface area (Å²) in [5.41, 5.74) is 1.83. The number of carbonyl (C=O) groups excluding carboxylic acids is 2. The van der Waals surface area contributed by atoms with Crippen molar-refractivity contribution in [1.82, 2.24) is 5.32 Å². The number of para-hydroxylation sites is 1. The molecule has 3 rings (SSSR count). The van der Waals surface area contributed by atoms with Gasteiger partial charge in [-0.2, -0.15) is 0 Å². The largest absolute Gasteiger partial charge is 0.497 e. The summed E-state index contributed by atoms with van der Waals surface area (Å²) in [5, 5.41) is 8.94. The number of methoxy groups -OCH3 is 1. The van der Waals surface area contributed by atoms with Crippen LogP contribution in [0.2, 0.25) is 0 Å². The molecule has 0 bridgehead atoms. The molecule has 1 fully saturated rings. The van der Waals surface area contributed by atoms with E-state index in [1.165, 1.54) is 0 Å². The predicted octanol–water partition coefficient (Wildman–Crippen LogP) is 3.42. The van der Waals surface area contributed by atoms with Gasteiger partial charge in [0.2, 0.25) is 5.91 Å². The van der Waals surface area contributed by atoms with E-state index in [0.717, 1.165) is 37.1 Å². The molecular weight excluding hydrogens is 342 g/mol. The molecule has 2 aromatic carbocycles. The van der Waals surface area contributed by atoms with E-state index >= 15 is 0 Å². The minimum Gasteiger partial charge on any atom is -0.497 e. The Morgan fingerprint density at radius 3 is 2.44 bits per heavy atom. The molecule has 1 aliphatic rings. The van der Waals surface area contributed by atoms with Crippen LogP contribution < -0.4 is 20.7 Å². The minimum absolute atomic E-state index is 0.102. The van der Waals surface area contributed by atoms with Crippen LogP contribution in [-0.2, 0) is 4.79 Å². The highest BCUT2D eigenvalue weighted by Gasteiger charge is 2.20. The molecule has 0 atom stereocenters. The number of ether oxygens (including phenoxy) is 1. The average Bonchev–Trinajstić information content (AvgIpc) is 3.20. The van der Waals surface area contributed by atoms with Gasteiger partial charge in [0.15, 0.2) is 0 Å². The molecule has 3 N–H and O–H groups in total. The zero-order valence-electron chi connectivity index (χ0n) is 15.5. The van der Waals surface area contributed by atoms with Crippen LogP contribution in [0.3, 0.4) is 0 Å². The third-order valence-electron chi connectivity index (χ3n) is 4.68. The molecule has 0 spiro atoms. The first kappa shape index (κ1) is 18.8. The molecule has 6 heteroatoms. The van der Waals surface area contributed by atoms with Gasteiger partial charge in [-0.15, -0.1) is 0 Å². The topological polar surface area (TPSA) is 79.5 Å². The monoisotopic (exact) mass is 367 g/mol. The van der Waals surface area contributed by atoms with Crippen LogP contribution in [0.15, 0.2) is 48.5 Å². The zero-order valence-corrected chi connectivity index (χ0v) is 15.5. The minimum atomic E-state index is -0.216. The van der Waals surface area contributed by atoms with E-state index in [1.54, 1.807) is 31.4 Å². The molecule has 6 nitrogen and oxygen atoms in total. The van der Waals surface area contributed by atoms with Gasteiger partial charge in [0.05, 0.1) is 24.9 Å². The first-order valence-corrected chi connectivity index (χ1v) is 9.23. The van der Waals surface area contributed by atoms with Crippen molar-refractivity contribution in [3.8, 4) is 5.75 Å². The summed E-state index contributed by atoms with van der Waals surface area (Å²) in [6, 6.07) is 14.6. The highest BCUT2D eigenvalue weighted by atomic mass is 16.5. The third kappa shape index (κ3) is 5.23. The molecular formula is C21H25N3O3. The van der Waals surface area contributed by atoms with Crippen molar-refractivity contribution in [3.05, 3.63) is 54.1 Å². The Hall–Kier alpha value is -3.02. The Bertz CT molecular complexity index is 784. The summed E-state index contributed by atoms with van der Waals surface area (Å²) in [7, 11) is 1.61. The van der Waals surface area contributed by atoms with Crippen LogP contribution in [0.1, 0.15) is 36.0 Å². The molecule has 1 saturated carbocycles. The Labute approximate surface area is 159 Å². The second-order valence-corrected chi connectivity index (χ2v) is 6.63. The molecule has 2 amide bonds. The lowest BCUT2D eigenvalue weighted by atomic mass is 10.1. The molecule has 0 unspecified atom stereocenters. The van der Waals surface area contributed by atoms with Gasteiger partial charge in [0.1, 0.15) is 5.75 Å². The third-order valence-corrected chi connectivity index (χ3v) is 4.68. The van der Waals surface area contributed by atoms with Gasteiger partial charge in [-0.3, -0.25) is 9.59 Å². The van der Waals surface area contributed by atoms with E-state index < -0.39 is 0 Å². The van der Waals surface area contributed by atoms with Crippen LogP contribution in [-0.4, -0.2) is 31.5 Å². The molecule has 0 aromatic heterocycles. The standard InChI is InChI=1S/C21H25N3O3/c1-27-17-12-10-15(11-13-17)22-14-20(25)24-19-9-5-4-8-18(19)21(26)23-16-6-2-3-7-16/h4-5,8-13,16,22H,2-3,6-7,14H2,1H3,(H,23,26)(H,24,25). The summed E-state index contributed by atoms with van der Waals surface area (Å²) >= 11 is 0. The highest BCUT2D eigenvalue weighted by molar-refractivity contribution is 6.04. The fourth-order valence-corrected chi connectivity index (χ4v) is 3.21. The van der Waals surface area contributed by atoms with E-state index in [9.17, 15) is 9.59 Å². The van der Waals surface area contributed by atoms with E-state index in [1.807, 2.05) is 24.3 Å². The fourth-order valence-electron chi connectivity index (χ4n) is 3.21. The van der Waals surface area contributed by atoms with Crippen molar-refractivity contribution in [2.75, 3.05) is 24.3 Å². The number of hydrogen-bond acceptors (Lipinski definition) is 4. The maximum Gasteiger partial charge on any atom is 0.253 e. The highest BCUT2D eigenvalue weighted by Crippen LogP contribution is 2.20. The predicted molar refractivity (Wildman–Crippen MR) is 106 cm³/mol. The molecule has 27 heavy (non-hydrogen) atoms. The molecule has 0 aliphatic heterocycles. The average molecular weight is 367 g/mol. The van der Waals surface area contributed by atoms with Crippen LogP contribution in [0, 0.1) is 0 Å². The number of rotatable bonds is 7. The Morgan fingerprint density at radius 2 is 1.74 bits per heavy atom. The van der Waals surface area contributed by atoms with Gasteiger partial charge < -0.3 is 20.7 Å². The van der Waals surface area contributed by atoms with Crippen molar-refractivity contribution < 1.29 is 14.3 Å². The van der Waals surface area contributed by atoms with Crippen LogP contribution in [0.5, 0.6) is 5.75 Å². The zero-order chi connectivity index (χ0) is 19.1. The Balaban J connectivity index is 1.57. The van der Waals surface area contributed by atoms with E-state index in [4.69, 9.17) is 4.74 Å². The second kappa shape index (κ2) is 9.07. The van der Waals surface area contributed by atoms with Gasteiger partial charge in [-0.1, -0.05) is 25.0 Å². The van der Waals surface area contributed by atoms with E-state index in [-0.39, 0.29) is 24.4 Å². The van der Waals surface area contributed by atoms with Gasteiger partial charge in [0.25, 0.3) is 5.91 Å². The molecule has 1 aliphatic carbocycles. The lowest BCUT2D eigenvalue weighted by Gasteiger charge is -2.15. The normalized spacial score (nSPS) is 13.8. The summed E-state index contributed by atoms with van der Waals surface area (Å²) in [5.74, 6) is 0.403. The lowest BCUT2D eigenvalue weighted by Crippen LogP contribution is -2.33. The maximum atomic E-state index is 12.6. The quantitative estimate of drug-likeness (QED) is 0.701. The number of anilines is 2. The number of amides is 2. The van der Waals surface area contributed by atoms with E-state index in [0.29, 0.717) is 11.3 Å². The van der Waals surface area contributed by atoms with Crippen LogP contribution in [0.4, 0.5) is 11.4 Å². The van der Waals surface area contributed by atoms with Crippen LogP contribution >= 0.6 is 0 Å². The fraction of sp³-hybridized carbons (Fsp3) is 0.333. The molecule has 2 aromatic rings. The number of nitrogens with one attached hydrogen (secondary N) is 3. The van der Waals surface area contributed by atoms with Gasteiger partial charge >= 0.3 is 0 Å². The summed E-state index contributed by atoms with van der Waals surface area (Å²) in [4.78, 5) is 24.9. The Morgan fingerprint density at radius 1 is 1.04 bits per heavy atom. The van der Waals surface area contributed by atoms with Crippen molar-refractivity contribution in [2.24, 2.45) is 0 Å². The van der Waals surface area contributed by atoms with Gasteiger partial charge in [0, 0.05) is 11.7 Å².